The number of H-pyrrole nitrogens is 2. The van der Waals surface area contributed by atoms with Crippen molar-refractivity contribution in [2.45, 2.75) is 0 Å². The predicted molar refractivity (Wildman–Crippen MR) is 75.6 cm³/mol. The first-order valence-corrected chi connectivity index (χ1v) is 5.99. The number of anilines is 1. The van der Waals surface area contributed by atoms with Crippen LogP contribution >= 0.6 is 0 Å². The van der Waals surface area contributed by atoms with E-state index in [1.807, 2.05) is 24.3 Å². The molecule has 3 aromatic heterocycles. The third-order valence-electron chi connectivity index (χ3n) is 3.28. The van der Waals surface area contributed by atoms with Crippen molar-refractivity contribution in [2.24, 2.45) is 0 Å². The van der Waals surface area contributed by atoms with E-state index in [0.29, 0.717) is 5.82 Å². The Kier molecular flexibility index (Phi) is 1.91. The van der Waals surface area contributed by atoms with E-state index in [0.717, 1.165) is 33.2 Å². The van der Waals surface area contributed by atoms with Gasteiger partial charge in [0.15, 0.2) is 0 Å². The maximum atomic E-state index is 5.64. The fraction of sp³-hybridized carbons (Fsp3) is 0. The van der Waals surface area contributed by atoms with Gasteiger partial charge in [0.05, 0.1) is 5.69 Å². The fourth-order valence-corrected chi connectivity index (χ4v) is 2.38. The van der Waals surface area contributed by atoms with Crippen LogP contribution in [-0.4, -0.2) is 20.2 Å². The van der Waals surface area contributed by atoms with Crippen LogP contribution in [0, 0.1) is 0 Å². The van der Waals surface area contributed by atoms with Gasteiger partial charge in [-0.1, -0.05) is 6.07 Å². The number of rotatable bonds is 1. The quantitative estimate of drug-likeness (QED) is 0.485. The minimum absolute atomic E-state index is 0.496. The van der Waals surface area contributed by atoms with Crippen LogP contribution in [0.4, 0.5) is 5.82 Å². The van der Waals surface area contributed by atoms with Gasteiger partial charge < -0.3 is 10.7 Å². The number of fused-ring (bicyclic) bond motifs is 3. The molecule has 5 nitrogen and oxygen atoms in total. The Morgan fingerprint density at radius 3 is 2.84 bits per heavy atom. The van der Waals surface area contributed by atoms with Crippen molar-refractivity contribution in [3.8, 4) is 11.3 Å². The molecule has 92 valence electrons. The zero-order chi connectivity index (χ0) is 12.8. The Labute approximate surface area is 108 Å². The second-order valence-electron chi connectivity index (χ2n) is 4.49. The third-order valence-corrected chi connectivity index (χ3v) is 3.28. The molecule has 0 aliphatic heterocycles. The first-order chi connectivity index (χ1) is 9.31. The molecule has 0 saturated carbocycles. The zero-order valence-corrected chi connectivity index (χ0v) is 10.0. The second-order valence-corrected chi connectivity index (χ2v) is 4.49. The van der Waals surface area contributed by atoms with E-state index in [9.17, 15) is 0 Å². The van der Waals surface area contributed by atoms with Gasteiger partial charge in [-0.2, -0.15) is 5.10 Å². The molecular formula is C14H11N5. The van der Waals surface area contributed by atoms with Gasteiger partial charge in [0.1, 0.15) is 11.5 Å². The maximum Gasteiger partial charge on any atom is 0.145 e. The number of benzene rings is 1. The average Bonchev–Trinajstić information content (AvgIpc) is 3.01. The van der Waals surface area contributed by atoms with Crippen LogP contribution in [0.3, 0.4) is 0 Å². The first kappa shape index (κ1) is 10.1. The predicted octanol–water partition coefficient (Wildman–Crippen LogP) is 2.69. The molecule has 0 atom stereocenters. The van der Waals surface area contributed by atoms with Gasteiger partial charge in [0.25, 0.3) is 0 Å². The Bertz CT molecular complexity index is 887. The summed E-state index contributed by atoms with van der Waals surface area (Å²) in [7, 11) is 0. The molecule has 0 spiro atoms. The molecule has 5 heteroatoms. The van der Waals surface area contributed by atoms with E-state index in [2.05, 4.69) is 32.3 Å². The lowest BCUT2D eigenvalue weighted by Crippen LogP contribution is -1.81. The summed E-state index contributed by atoms with van der Waals surface area (Å²) in [5, 5.41) is 9.15. The molecular weight excluding hydrogens is 238 g/mol. The Morgan fingerprint density at radius 2 is 2.00 bits per heavy atom. The van der Waals surface area contributed by atoms with E-state index in [-0.39, 0.29) is 0 Å². The molecule has 19 heavy (non-hydrogen) atoms. The summed E-state index contributed by atoms with van der Waals surface area (Å²) >= 11 is 0. The smallest absolute Gasteiger partial charge is 0.145 e. The molecule has 0 unspecified atom stereocenters. The minimum Gasteiger partial charge on any atom is -0.382 e. The van der Waals surface area contributed by atoms with Crippen LogP contribution in [0.5, 0.6) is 0 Å². The molecule has 4 rings (SSSR count). The highest BCUT2D eigenvalue weighted by molar-refractivity contribution is 6.07. The number of aromatic nitrogens is 4. The summed E-state index contributed by atoms with van der Waals surface area (Å²) in [5.41, 5.74) is 9.59. The van der Waals surface area contributed by atoms with Gasteiger partial charge in [-0.15, -0.1) is 0 Å². The molecule has 4 aromatic rings. The maximum absolute atomic E-state index is 5.64. The number of nitrogen functional groups attached to an aromatic ring is 1. The lowest BCUT2D eigenvalue weighted by molar-refractivity contribution is 1.10. The fourth-order valence-electron chi connectivity index (χ4n) is 2.38. The van der Waals surface area contributed by atoms with Crippen LogP contribution in [-0.2, 0) is 0 Å². The molecule has 0 bridgehead atoms. The standard InChI is InChI=1S/C14H11N5/c15-13-7-12(18-19-13)8-3-4-11-10(6-8)9-2-1-5-16-14(9)17-11/h1-7H,(H,16,17)(H3,15,18,19). The van der Waals surface area contributed by atoms with E-state index >= 15 is 0 Å². The SMILES string of the molecule is Nc1cc(-c2ccc3[nH]c4ncccc4c3c2)[nH]n1. The summed E-state index contributed by atoms with van der Waals surface area (Å²) in [4.78, 5) is 7.63. The molecule has 0 fully saturated rings. The summed E-state index contributed by atoms with van der Waals surface area (Å²) in [5.74, 6) is 0.496. The Balaban J connectivity index is 2.02. The van der Waals surface area contributed by atoms with Crippen molar-refractivity contribution in [3.05, 3.63) is 42.6 Å². The number of aromatic amines is 2. The molecule has 0 saturated heterocycles. The second kappa shape index (κ2) is 3.58. The van der Waals surface area contributed by atoms with Crippen LogP contribution < -0.4 is 5.73 Å². The number of hydrogen-bond acceptors (Lipinski definition) is 3. The largest absolute Gasteiger partial charge is 0.382 e. The minimum atomic E-state index is 0.496. The lowest BCUT2D eigenvalue weighted by Gasteiger charge is -1.97. The number of nitrogens with zero attached hydrogens (tertiary/aromatic N) is 2. The number of pyridine rings is 1. The zero-order valence-electron chi connectivity index (χ0n) is 10.0. The van der Waals surface area contributed by atoms with Gasteiger partial charge in [-0.05, 0) is 24.3 Å². The third kappa shape index (κ3) is 1.48. The van der Waals surface area contributed by atoms with Gasteiger partial charge >= 0.3 is 0 Å². The average molecular weight is 249 g/mol. The summed E-state index contributed by atoms with van der Waals surface area (Å²) in [6.45, 7) is 0. The summed E-state index contributed by atoms with van der Waals surface area (Å²) in [6, 6.07) is 12.0. The molecule has 0 radical (unpaired) electrons. The van der Waals surface area contributed by atoms with Crippen molar-refractivity contribution < 1.29 is 0 Å². The number of nitrogens with two attached hydrogens (primary N) is 1. The van der Waals surface area contributed by atoms with Crippen molar-refractivity contribution in [1.29, 1.82) is 0 Å². The van der Waals surface area contributed by atoms with Gasteiger partial charge in [0, 0.05) is 34.1 Å². The molecule has 1 aromatic carbocycles. The molecule has 3 heterocycles. The van der Waals surface area contributed by atoms with E-state index in [1.54, 1.807) is 6.20 Å². The van der Waals surface area contributed by atoms with E-state index in [1.165, 1.54) is 0 Å². The van der Waals surface area contributed by atoms with E-state index in [4.69, 9.17) is 5.73 Å². The van der Waals surface area contributed by atoms with Crippen LogP contribution in [0.25, 0.3) is 33.2 Å². The molecule has 0 aliphatic rings. The highest BCUT2D eigenvalue weighted by Gasteiger charge is 2.07. The topological polar surface area (TPSA) is 83.4 Å². The normalized spacial score (nSPS) is 11.4. The summed E-state index contributed by atoms with van der Waals surface area (Å²) < 4.78 is 0. The van der Waals surface area contributed by atoms with Crippen molar-refractivity contribution in [1.82, 2.24) is 20.2 Å². The van der Waals surface area contributed by atoms with Crippen molar-refractivity contribution >= 4 is 27.8 Å². The van der Waals surface area contributed by atoms with Crippen molar-refractivity contribution in [2.75, 3.05) is 5.73 Å². The Hall–Kier alpha value is -2.82. The molecule has 4 N–H and O–H groups in total. The lowest BCUT2D eigenvalue weighted by atomic mass is 10.1. The summed E-state index contributed by atoms with van der Waals surface area (Å²) in [6.07, 6.45) is 1.79. The van der Waals surface area contributed by atoms with Gasteiger partial charge in [0.2, 0.25) is 0 Å². The number of nitrogens with one attached hydrogen (secondary N) is 2. The molecule has 0 aliphatic carbocycles. The molecule has 0 amide bonds. The van der Waals surface area contributed by atoms with E-state index < -0.39 is 0 Å². The van der Waals surface area contributed by atoms with Gasteiger partial charge in [-0.3, -0.25) is 5.10 Å². The highest BCUT2D eigenvalue weighted by atomic mass is 15.2. The first-order valence-electron chi connectivity index (χ1n) is 5.99. The Morgan fingerprint density at radius 1 is 1.05 bits per heavy atom. The monoisotopic (exact) mass is 249 g/mol. The van der Waals surface area contributed by atoms with Gasteiger partial charge in [-0.25, -0.2) is 4.98 Å². The van der Waals surface area contributed by atoms with Crippen LogP contribution in [0.2, 0.25) is 0 Å². The van der Waals surface area contributed by atoms with Crippen molar-refractivity contribution in [3.63, 3.8) is 0 Å². The number of hydrogen-bond donors (Lipinski definition) is 3. The van der Waals surface area contributed by atoms with Crippen LogP contribution in [0.1, 0.15) is 0 Å². The van der Waals surface area contributed by atoms with Crippen LogP contribution in [0.15, 0.2) is 42.6 Å². The highest BCUT2D eigenvalue weighted by Crippen LogP contribution is 2.28.